The Bertz CT molecular complexity index is 467. The summed E-state index contributed by atoms with van der Waals surface area (Å²) in [5.41, 5.74) is 7.70. The molecular formula is C14H18N4. The van der Waals surface area contributed by atoms with Crippen molar-refractivity contribution >= 4 is 5.82 Å². The van der Waals surface area contributed by atoms with E-state index in [4.69, 9.17) is 5.73 Å². The van der Waals surface area contributed by atoms with Crippen LogP contribution in [0.4, 0.5) is 5.82 Å². The van der Waals surface area contributed by atoms with E-state index in [1.54, 1.807) is 12.4 Å². The van der Waals surface area contributed by atoms with Gasteiger partial charge in [-0.25, -0.2) is 4.98 Å². The van der Waals surface area contributed by atoms with Crippen LogP contribution in [0.25, 0.3) is 0 Å². The number of benzene rings is 1. The third kappa shape index (κ3) is 3.28. The van der Waals surface area contributed by atoms with Gasteiger partial charge in [-0.05, 0) is 12.0 Å². The number of nitrogens with one attached hydrogen (secondary N) is 1. The van der Waals surface area contributed by atoms with Crippen molar-refractivity contribution in [1.82, 2.24) is 15.3 Å². The molecule has 2 aromatic rings. The Morgan fingerprint density at radius 2 is 1.94 bits per heavy atom. The van der Waals surface area contributed by atoms with Gasteiger partial charge in [0, 0.05) is 12.6 Å². The zero-order valence-electron chi connectivity index (χ0n) is 10.5. The minimum absolute atomic E-state index is 0.338. The number of hydrogen-bond acceptors (Lipinski definition) is 4. The molecule has 1 heterocycles. The standard InChI is InChI=1S/C14H18N4/c1-2-13(11-6-4-3-5-7-11)17-8-12-9-18-14(15)10-16-12/h3-7,9-10,13,17H,2,8H2,1H3,(H2,15,18). The zero-order chi connectivity index (χ0) is 12.8. The van der Waals surface area contributed by atoms with Crippen molar-refractivity contribution in [3.63, 3.8) is 0 Å². The monoisotopic (exact) mass is 242 g/mol. The average Bonchev–Trinajstić information content (AvgIpc) is 2.43. The number of rotatable bonds is 5. The number of nitrogens with two attached hydrogens (primary N) is 1. The fourth-order valence-corrected chi connectivity index (χ4v) is 1.87. The van der Waals surface area contributed by atoms with E-state index in [9.17, 15) is 0 Å². The molecule has 4 nitrogen and oxygen atoms in total. The van der Waals surface area contributed by atoms with Crippen molar-refractivity contribution in [3.8, 4) is 0 Å². The number of anilines is 1. The van der Waals surface area contributed by atoms with Gasteiger partial charge in [0.05, 0.1) is 18.1 Å². The molecule has 0 bridgehead atoms. The molecule has 1 atom stereocenters. The molecule has 0 amide bonds. The van der Waals surface area contributed by atoms with Crippen LogP contribution in [0, 0.1) is 0 Å². The molecule has 4 heteroatoms. The summed E-state index contributed by atoms with van der Waals surface area (Å²) in [6.45, 7) is 2.86. The van der Waals surface area contributed by atoms with E-state index in [0.29, 0.717) is 18.4 Å². The van der Waals surface area contributed by atoms with Crippen molar-refractivity contribution in [2.45, 2.75) is 25.9 Å². The summed E-state index contributed by atoms with van der Waals surface area (Å²) in [5.74, 6) is 0.453. The lowest BCUT2D eigenvalue weighted by molar-refractivity contribution is 0.513. The molecule has 3 N–H and O–H groups in total. The van der Waals surface area contributed by atoms with Gasteiger partial charge in [0.1, 0.15) is 5.82 Å². The quantitative estimate of drug-likeness (QED) is 0.844. The van der Waals surface area contributed by atoms with Crippen LogP contribution in [-0.4, -0.2) is 9.97 Å². The van der Waals surface area contributed by atoms with Crippen LogP contribution >= 0.6 is 0 Å². The molecule has 0 aliphatic rings. The lowest BCUT2D eigenvalue weighted by atomic mass is 10.0. The third-order valence-corrected chi connectivity index (χ3v) is 2.87. The fourth-order valence-electron chi connectivity index (χ4n) is 1.87. The topological polar surface area (TPSA) is 63.8 Å². The normalized spacial score (nSPS) is 12.3. The van der Waals surface area contributed by atoms with Crippen LogP contribution in [0.2, 0.25) is 0 Å². The molecule has 2 rings (SSSR count). The maximum Gasteiger partial charge on any atom is 0.141 e. The largest absolute Gasteiger partial charge is 0.382 e. The van der Waals surface area contributed by atoms with Gasteiger partial charge in [-0.3, -0.25) is 4.98 Å². The van der Waals surface area contributed by atoms with Crippen molar-refractivity contribution < 1.29 is 0 Å². The Morgan fingerprint density at radius 1 is 1.17 bits per heavy atom. The molecule has 1 aromatic heterocycles. The summed E-state index contributed by atoms with van der Waals surface area (Å²) in [6, 6.07) is 10.8. The van der Waals surface area contributed by atoms with E-state index in [1.165, 1.54) is 5.56 Å². The van der Waals surface area contributed by atoms with Crippen LogP contribution < -0.4 is 11.1 Å². The summed E-state index contributed by atoms with van der Waals surface area (Å²) >= 11 is 0. The van der Waals surface area contributed by atoms with Crippen molar-refractivity contribution in [2.75, 3.05) is 5.73 Å². The minimum atomic E-state index is 0.338. The Hall–Kier alpha value is -1.94. The Morgan fingerprint density at radius 3 is 2.56 bits per heavy atom. The van der Waals surface area contributed by atoms with Crippen molar-refractivity contribution in [3.05, 3.63) is 54.0 Å². The smallest absolute Gasteiger partial charge is 0.141 e. The second-order valence-corrected chi connectivity index (χ2v) is 4.19. The Kier molecular flexibility index (Phi) is 4.25. The fraction of sp³-hybridized carbons (Fsp3) is 0.286. The molecule has 0 aliphatic heterocycles. The third-order valence-electron chi connectivity index (χ3n) is 2.87. The highest BCUT2D eigenvalue weighted by Crippen LogP contribution is 2.16. The highest BCUT2D eigenvalue weighted by molar-refractivity contribution is 5.23. The molecule has 1 unspecified atom stereocenters. The van der Waals surface area contributed by atoms with Gasteiger partial charge in [0.15, 0.2) is 0 Å². The maximum absolute atomic E-state index is 5.51. The molecule has 0 saturated carbocycles. The van der Waals surface area contributed by atoms with Gasteiger partial charge in [-0.2, -0.15) is 0 Å². The first-order valence-corrected chi connectivity index (χ1v) is 6.14. The molecule has 18 heavy (non-hydrogen) atoms. The van der Waals surface area contributed by atoms with E-state index >= 15 is 0 Å². The van der Waals surface area contributed by atoms with E-state index in [2.05, 4.69) is 46.5 Å². The molecule has 0 saturated heterocycles. The number of aromatic nitrogens is 2. The molecule has 0 spiro atoms. The Labute approximate surface area is 107 Å². The number of nitrogen functional groups attached to an aromatic ring is 1. The van der Waals surface area contributed by atoms with E-state index < -0.39 is 0 Å². The molecule has 1 aromatic carbocycles. The van der Waals surface area contributed by atoms with E-state index in [1.807, 2.05) is 6.07 Å². The zero-order valence-corrected chi connectivity index (χ0v) is 10.5. The molecular weight excluding hydrogens is 224 g/mol. The van der Waals surface area contributed by atoms with Gasteiger partial charge >= 0.3 is 0 Å². The van der Waals surface area contributed by atoms with Crippen LogP contribution in [0.3, 0.4) is 0 Å². The van der Waals surface area contributed by atoms with Gasteiger partial charge < -0.3 is 11.1 Å². The summed E-state index contributed by atoms with van der Waals surface area (Å²) in [6.07, 6.45) is 4.33. The van der Waals surface area contributed by atoms with Gasteiger partial charge in [-0.1, -0.05) is 37.3 Å². The van der Waals surface area contributed by atoms with Gasteiger partial charge in [0.2, 0.25) is 0 Å². The highest BCUT2D eigenvalue weighted by atomic mass is 15.0. The van der Waals surface area contributed by atoms with Crippen molar-refractivity contribution in [1.29, 1.82) is 0 Å². The van der Waals surface area contributed by atoms with E-state index in [-0.39, 0.29) is 0 Å². The van der Waals surface area contributed by atoms with Crippen molar-refractivity contribution in [2.24, 2.45) is 0 Å². The summed E-state index contributed by atoms with van der Waals surface area (Å²) < 4.78 is 0. The predicted molar refractivity (Wildman–Crippen MR) is 72.8 cm³/mol. The summed E-state index contributed by atoms with van der Waals surface area (Å²) in [5, 5.41) is 3.48. The number of nitrogens with zero attached hydrogens (tertiary/aromatic N) is 2. The Balaban J connectivity index is 1.97. The predicted octanol–water partition coefficient (Wildman–Crippen LogP) is 2.30. The molecule has 0 radical (unpaired) electrons. The first kappa shape index (κ1) is 12.5. The highest BCUT2D eigenvalue weighted by Gasteiger charge is 2.08. The second-order valence-electron chi connectivity index (χ2n) is 4.19. The maximum atomic E-state index is 5.51. The summed E-state index contributed by atoms with van der Waals surface area (Å²) in [7, 11) is 0. The second kappa shape index (κ2) is 6.12. The van der Waals surface area contributed by atoms with Gasteiger partial charge in [-0.15, -0.1) is 0 Å². The summed E-state index contributed by atoms with van der Waals surface area (Å²) in [4.78, 5) is 8.26. The van der Waals surface area contributed by atoms with Gasteiger partial charge in [0.25, 0.3) is 0 Å². The molecule has 0 fully saturated rings. The van der Waals surface area contributed by atoms with Crippen LogP contribution in [0.5, 0.6) is 0 Å². The average molecular weight is 242 g/mol. The first-order chi connectivity index (χ1) is 8.79. The molecule has 94 valence electrons. The number of hydrogen-bond donors (Lipinski definition) is 2. The SMILES string of the molecule is CCC(NCc1cnc(N)cn1)c1ccccc1. The minimum Gasteiger partial charge on any atom is -0.382 e. The lowest BCUT2D eigenvalue weighted by Gasteiger charge is -2.17. The molecule has 0 aliphatic carbocycles. The van der Waals surface area contributed by atoms with E-state index in [0.717, 1.165) is 12.1 Å². The van der Waals surface area contributed by atoms with Crippen LogP contribution in [0.1, 0.15) is 30.6 Å². The van der Waals surface area contributed by atoms with Crippen LogP contribution in [0.15, 0.2) is 42.7 Å². The first-order valence-electron chi connectivity index (χ1n) is 6.14. The lowest BCUT2D eigenvalue weighted by Crippen LogP contribution is -2.20. The van der Waals surface area contributed by atoms with Crippen LogP contribution in [-0.2, 0) is 6.54 Å².